The van der Waals surface area contributed by atoms with Crippen LogP contribution in [-0.4, -0.2) is 57.4 Å². The molecule has 0 amide bonds. The van der Waals surface area contributed by atoms with E-state index in [1.165, 1.54) is 14.2 Å². The first kappa shape index (κ1) is 15.6. The van der Waals surface area contributed by atoms with Crippen molar-refractivity contribution in [1.82, 2.24) is 0 Å². The Labute approximate surface area is 98.9 Å². The summed E-state index contributed by atoms with van der Waals surface area (Å²) in [5, 5.41) is 8.24. The van der Waals surface area contributed by atoms with Crippen molar-refractivity contribution < 1.29 is 33.6 Å². The first-order chi connectivity index (χ1) is 8.10. The van der Waals surface area contributed by atoms with Crippen molar-refractivity contribution in [2.75, 3.05) is 34.0 Å². The van der Waals surface area contributed by atoms with Gasteiger partial charge in [-0.2, -0.15) is 0 Å². The van der Waals surface area contributed by atoms with Gasteiger partial charge in [0.1, 0.15) is 6.61 Å². The second kappa shape index (κ2) is 9.76. The second-order valence-electron chi connectivity index (χ2n) is 2.81. The van der Waals surface area contributed by atoms with Crippen LogP contribution in [0.2, 0.25) is 0 Å². The number of carbonyl (C=O) groups is 2. The summed E-state index contributed by atoms with van der Waals surface area (Å²) >= 11 is 0. The fourth-order valence-corrected chi connectivity index (χ4v) is 0.800. The Morgan fingerprint density at radius 2 is 1.82 bits per heavy atom. The van der Waals surface area contributed by atoms with Crippen LogP contribution in [0.4, 0.5) is 0 Å². The second-order valence-corrected chi connectivity index (χ2v) is 2.81. The number of rotatable bonds is 9. The van der Waals surface area contributed by atoms with Crippen molar-refractivity contribution in [2.45, 2.75) is 6.29 Å². The molecular weight excluding hydrogens is 232 g/mol. The maximum atomic E-state index is 10.9. The molecule has 0 aliphatic carbocycles. The van der Waals surface area contributed by atoms with Crippen LogP contribution in [0.15, 0.2) is 12.2 Å². The van der Waals surface area contributed by atoms with E-state index in [0.29, 0.717) is 6.08 Å². The number of hydrogen-bond acceptors (Lipinski definition) is 6. The average Bonchev–Trinajstić information content (AvgIpc) is 2.31. The van der Waals surface area contributed by atoms with Gasteiger partial charge in [0.2, 0.25) is 0 Å². The molecule has 0 bridgehead atoms. The van der Waals surface area contributed by atoms with Gasteiger partial charge in [-0.25, -0.2) is 9.59 Å². The molecule has 7 heteroatoms. The summed E-state index contributed by atoms with van der Waals surface area (Å²) in [6.07, 6.45) is 1.07. The Hall–Kier alpha value is -1.44. The van der Waals surface area contributed by atoms with E-state index < -0.39 is 18.2 Å². The van der Waals surface area contributed by atoms with Crippen LogP contribution in [0.1, 0.15) is 0 Å². The van der Waals surface area contributed by atoms with Crippen molar-refractivity contribution in [3.05, 3.63) is 12.2 Å². The van der Waals surface area contributed by atoms with Crippen molar-refractivity contribution in [3.8, 4) is 0 Å². The maximum Gasteiger partial charge on any atom is 0.331 e. The van der Waals surface area contributed by atoms with E-state index in [0.717, 1.165) is 6.08 Å². The molecule has 0 aromatic heterocycles. The number of carboxylic acids is 1. The Balaban J connectivity index is 3.51. The molecule has 0 atom stereocenters. The van der Waals surface area contributed by atoms with E-state index in [2.05, 4.69) is 4.74 Å². The molecule has 0 radical (unpaired) electrons. The Bertz CT molecular complexity index is 257. The van der Waals surface area contributed by atoms with Crippen LogP contribution in [0.3, 0.4) is 0 Å². The Morgan fingerprint density at radius 3 is 2.35 bits per heavy atom. The minimum Gasteiger partial charge on any atom is -0.478 e. The predicted molar refractivity (Wildman–Crippen MR) is 56.4 cm³/mol. The molecule has 0 aliphatic heterocycles. The third kappa shape index (κ3) is 9.49. The molecule has 0 aromatic rings. The number of carboxylic acid groups (broad SMARTS) is 1. The quantitative estimate of drug-likeness (QED) is 0.261. The summed E-state index contributed by atoms with van der Waals surface area (Å²) in [6.45, 7) is 0.425. The number of methoxy groups -OCH3 is 2. The smallest absolute Gasteiger partial charge is 0.331 e. The molecular formula is C10H16O7. The predicted octanol–water partition coefficient (Wildman–Crippen LogP) is -0.194. The largest absolute Gasteiger partial charge is 0.478 e. The summed E-state index contributed by atoms with van der Waals surface area (Å²) in [7, 11) is 2.96. The lowest BCUT2D eigenvalue weighted by Crippen LogP contribution is -2.21. The standard InChI is InChI=1S/C10H16O7/c1-14-10(15-2)7-16-5-6-17-9(13)4-3-8(11)12/h3-4,10H,5-7H2,1-2H3,(H,11,12)/b4-3+. The Kier molecular flexibility index (Phi) is 8.94. The lowest BCUT2D eigenvalue weighted by atomic mass is 10.5. The molecule has 98 valence electrons. The summed E-state index contributed by atoms with van der Waals surface area (Å²) in [5.74, 6) is -1.94. The molecule has 17 heavy (non-hydrogen) atoms. The van der Waals surface area contributed by atoms with Gasteiger partial charge >= 0.3 is 11.9 Å². The topological polar surface area (TPSA) is 91.3 Å². The van der Waals surface area contributed by atoms with Gasteiger partial charge in [0, 0.05) is 26.4 Å². The molecule has 0 saturated heterocycles. The number of aliphatic carboxylic acids is 1. The normalized spacial score (nSPS) is 11.0. The third-order valence-electron chi connectivity index (χ3n) is 1.61. The summed E-state index contributed by atoms with van der Waals surface area (Å²) in [4.78, 5) is 21.0. The zero-order chi connectivity index (χ0) is 13.1. The molecule has 0 unspecified atom stereocenters. The molecule has 0 aliphatic rings. The van der Waals surface area contributed by atoms with E-state index in [1.54, 1.807) is 0 Å². The molecule has 7 nitrogen and oxygen atoms in total. The van der Waals surface area contributed by atoms with Crippen LogP contribution in [0, 0.1) is 0 Å². The summed E-state index contributed by atoms with van der Waals surface area (Å²) < 4.78 is 19.5. The van der Waals surface area contributed by atoms with Crippen molar-refractivity contribution in [2.24, 2.45) is 0 Å². The van der Waals surface area contributed by atoms with Crippen molar-refractivity contribution in [1.29, 1.82) is 0 Å². The minimum absolute atomic E-state index is 0.0307. The Morgan fingerprint density at radius 1 is 1.18 bits per heavy atom. The molecule has 0 rings (SSSR count). The fourth-order valence-electron chi connectivity index (χ4n) is 0.800. The fraction of sp³-hybridized carbons (Fsp3) is 0.600. The zero-order valence-corrected chi connectivity index (χ0v) is 9.75. The first-order valence-electron chi connectivity index (χ1n) is 4.81. The van der Waals surface area contributed by atoms with E-state index >= 15 is 0 Å². The third-order valence-corrected chi connectivity index (χ3v) is 1.61. The van der Waals surface area contributed by atoms with E-state index in [9.17, 15) is 9.59 Å². The average molecular weight is 248 g/mol. The highest BCUT2D eigenvalue weighted by molar-refractivity contribution is 5.90. The van der Waals surface area contributed by atoms with Crippen LogP contribution in [0.5, 0.6) is 0 Å². The maximum absolute atomic E-state index is 10.9. The van der Waals surface area contributed by atoms with E-state index in [-0.39, 0.29) is 19.8 Å². The van der Waals surface area contributed by atoms with Gasteiger partial charge in [-0.15, -0.1) is 0 Å². The van der Waals surface area contributed by atoms with Gasteiger partial charge < -0.3 is 24.1 Å². The molecule has 0 heterocycles. The van der Waals surface area contributed by atoms with E-state index in [4.69, 9.17) is 19.3 Å². The lowest BCUT2D eigenvalue weighted by molar-refractivity contribution is -0.149. The highest BCUT2D eigenvalue weighted by Crippen LogP contribution is 1.92. The van der Waals surface area contributed by atoms with Gasteiger partial charge in [0.15, 0.2) is 6.29 Å². The summed E-state index contributed by atoms with van der Waals surface area (Å²) in [6, 6.07) is 0. The van der Waals surface area contributed by atoms with E-state index in [1.807, 2.05) is 0 Å². The monoisotopic (exact) mass is 248 g/mol. The zero-order valence-electron chi connectivity index (χ0n) is 9.75. The summed E-state index contributed by atoms with van der Waals surface area (Å²) in [5.41, 5.74) is 0. The van der Waals surface area contributed by atoms with Gasteiger partial charge in [0.25, 0.3) is 0 Å². The minimum atomic E-state index is -1.21. The number of ether oxygens (including phenoxy) is 4. The molecule has 0 saturated carbocycles. The molecule has 1 N–H and O–H groups in total. The highest BCUT2D eigenvalue weighted by Gasteiger charge is 2.04. The van der Waals surface area contributed by atoms with Crippen LogP contribution in [-0.2, 0) is 28.5 Å². The molecule has 0 spiro atoms. The van der Waals surface area contributed by atoms with Crippen LogP contribution >= 0.6 is 0 Å². The highest BCUT2D eigenvalue weighted by atomic mass is 16.7. The van der Waals surface area contributed by atoms with Crippen LogP contribution < -0.4 is 0 Å². The SMILES string of the molecule is COC(COCCOC(=O)/C=C/C(=O)O)OC. The number of esters is 1. The van der Waals surface area contributed by atoms with Crippen LogP contribution in [0.25, 0.3) is 0 Å². The first-order valence-corrected chi connectivity index (χ1v) is 4.81. The van der Waals surface area contributed by atoms with Crippen molar-refractivity contribution in [3.63, 3.8) is 0 Å². The number of hydrogen-bond donors (Lipinski definition) is 1. The van der Waals surface area contributed by atoms with Gasteiger partial charge in [-0.3, -0.25) is 0 Å². The molecule has 0 aromatic carbocycles. The van der Waals surface area contributed by atoms with Gasteiger partial charge in [0.05, 0.1) is 13.2 Å². The van der Waals surface area contributed by atoms with Gasteiger partial charge in [-0.1, -0.05) is 0 Å². The van der Waals surface area contributed by atoms with Gasteiger partial charge in [-0.05, 0) is 0 Å². The molecule has 0 fully saturated rings. The number of carbonyl (C=O) groups excluding carboxylic acids is 1. The van der Waals surface area contributed by atoms with Crippen molar-refractivity contribution >= 4 is 11.9 Å². The lowest BCUT2D eigenvalue weighted by Gasteiger charge is -2.13.